The first-order valence-electron chi connectivity index (χ1n) is 18.3. The maximum atomic E-state index is 5.23. The van der Waals surface area contributed by atoms with Gasteiger partial charge in [-0.05, 0) is 148 Å². The van der Waals surface area contributed by atoms with E-state index in [0.29, 0.717) is 19.6 Å². The molecule has 6 bridgehead atoms. The van der Waals surface area contributed by atoms with Crippen molar-refractivity contribution in [3.05, 3.63) is 85.4 Å². The van der Waals surface area contributed by atoms with Gasteiger partial charge >= 0.3 is 0 Å². The van der Waals surface area contributed by atoms with Gasteiger partial charge in [-0.15, -0.1) is 0 Å². The summed E-state index contributed by atoms with van der Waals surface area (Å²) >= 11 is 0. The second-order valence-corrected chi connectivity index (χ2v) is 13.3. The molecule has 0 amide bonds. The lowest BCUT2D eigenvalue weighted by Crippen LogP contribution is -2.16. The Bertz CT molecular complexity index is 1480. The maximum absolute atomic E-state index is 5.23. The summed E-state index contributed by atoms with van der Waals surface area (Å²) < 4.78 is 0. The smallest absolute Gasteiger partial charge is 0.0648 e. The minimum Gasteiger partial charge on any atom is -0.359 e. The van der Waals surface area contributed by atoms with Gasteiger partial charge in [0, 0.05) is 51.3 Å². The van der Waals surface area contributed by atoms with Gasteiger partial charge in [-0.25, -0.2) is 0 Å². The molecule has 0 saturated carbocycles. The first kappa shape index (κ1) is 36.9. The van der Waals surface area contributed by atoms with E-state index in [9.17, 15) is 0 Å². The zero-order chi connectivity index (χ0) is 35.1. The maximum Gasteiger partial charge on any atom is 0.0648 e. The molecule has 0 spiro atoms. The predicted octanol–water partition coefficient (Wildman–Crippen LogP) is 10.6. The molecule has 0 radical (unpaired) electrons. The predicted molar refractivity (Wildman–Crippen MR) is 212 cm³/mol. The molecule has 3 heterocycles. The number of rotatable bonds is 6. The summed E-state index contributed by atoms with van der Waals surface area (Å²) in [5.41, 5.74) is 22.0. The van der Waals surface area contributed by atoms with Gasteiger partial charge in [-0.1, -0.05) is 41.5 Å². The Hall–Kier alpha value is -3.93. The lowest BCUT2D eigenvalue weighted by atomic mass is 9.83. The monoisotopic (exact) mass is 648 g/mol. The van der Waals surface area contributed by atoms with Crippen LogP contribution >= 0.6 is 0 Å². The van der Waals surface area contributed by atoms with E-state index in [1.165, 1.54) is 67.1 Å². The number of anilines is 3. The molecular formula is C42H60N6. The summed E-state index contributed by atoms with van der Waals surface area (Å²) in [6.07, 6.45) is 12.1. The van der Waals surface area contributed by atoms with Gasteiger partial charge in [0.2, 0.25) is 0 Å². The van der Waals surface area contributed by atoms with Gasteiger partial charge < -0.3 is 16.0 Å². The Morgan fingerprint density at radius 1 is 0.396 bits per heavy atom. The Balaban J connectivity index is 2.22. The summed E-state index contributed by atoms with van der Waals surface area (Å²) in [6, 6.07) is 0. The number of fused-ring (bicyclic) bond motifs is 9. The van der Waals surface area contributed by atoms with Gasteiger partial charge in [0.25, 0.3) is 0 Å². The number of hydrogen-bond acceptors (Lipinski definition) is 6. The summed E-state index contributed by atoms with van der Waals surface area (Å²) in [5.74, 6) is 0. The van der Waals surface area contributed by atoms with E-state index >= 15 is 0 Å². The van der Waals surface area contributed by atoms with Crippen LogP contribution in [0.1, 0.15) is 133 Å². The number of benzene rings is 2. The highest BCUT2D eigenvalue weighted by Crippen LogP contribution is 2.42. The first-order valence-corrected chi connectivity index (χ1v) is 18.3. The summed E-state index contributed by atoms with van der Waals surface area (Å²) in [4.78, 5) is 15.7. The highest BCUT2D eigenvalue weighted by atomic mass is 15.0. The second kappa shape index (κ2) is 16.5. The van der Waals surface area contributed by atoms with Crippen molar-refractivity contribution in [2.75, 3.05) is 16.0 Å². The number of aliphatic imine (C=N–C) groups is 3. The SMILES string of the molecule is CCc1c2c(CC)c3c(CC)c1CN=C(C)/C=C(/C)Nc1c(CC)c(c(CC)c(c1CC)N/C(C)=C\C(C)=NC3)N/C(C)=C\C(C)=NC2. The topological polar surface area (TPSA) is 73.2 Å². The van der Waals surface area contributed by atoms with E-state index in [0.717, 1.165) is 72.8 Å². The molecule has 3 N–H and O–H groups in total. The molecule has 5 rings (SSSR count). The number of allylic oxidation sites excluding steroid dienone is 6. The standard InChI is InChI=1S/C42H60N6/c1-13-31-37-22-43-25(7)19-28(10)46-40-34(16-4)41-36(18-6)42(35(40)17-5)48-30(12)21-27(9)45-24-39(32(37)14-2)33(15-3)38(31)23-44-26(8)20-29(11)47-41/h19-21,46-48H,13-18,22-24H2,1-12H3/b28-19-,29-20-,30-21-,43-25?,44-26?,45-27?. The highest BCUT2D eigenvalue weighted by Gasteiger charge is 2.24. The van der Waals surface area contributed by atoms with Crippen molar-refractivity contribution >= 4 is 34.2 Å². The van der Waals surface area contributed by atoms with Crippen LogP contribution in [0.2, 0.25) is 0 Å². The van der Waals surface area contributed by atoms with Crippen LogP contribution < -0.4 is 16.0 Å². The van der Waals surface area contributed by atoms with Crippen LogP contribution in [0.5, 0.6) is 0 Å². The zero-order valence-corrected chi connectivity index (χ0v) is 31.9. The molecule has 3 aliphatic heterocycles. The normalized spacial score (nSPS) is 19.0. The van der Waals surface area contributed by atoms with Crippen LogP contribution in [-0.4, -0.2) is 17.1 Å². The molecule has 258 valence electrons. The number of nitrogens with zero attached hydrogens (tertiary/aromatic N) is 3. The van der Waals surface area contributed by atoms with Crippen molar-refractivity contribution in [3.8, 4) is 0 Å². The fourth-order valence-corrected chi connectivity index (χ4v) is 7.77. The number of hydrogen-bond donors (Lipinski definition) is 3. The molecule has 0 atom stereocenters. The quantitative estimate of drug-likeness (QED) is 0.292. The van der Waals surface area contributed by atoms with Gasteiger partial charge in [0.1, 0.15) is 0 Å². The zero-order valence-electron chi connectivity index (χ0n) is 31.9. The van der Waals surface area contributed by atoms with Crippen LogP contribution in [0, 0.1) is 0 Å². The van der Waals surface area contributed by atoms with Crippen LogP contribution in [0.4, 0.5) is 17.1 Å². The Labute approximate surface area is 291 Å². The lowest BCUT2D eigenvalue weighted by molar-refractivity contribution is 0.853. The molecule has 2 aromatic rings. The molecule has 2 aromatic carbocycles. The summed E-state index contributed by atoms with van der Waals surface area (Å²) in [5, 5.41) is 11.7. The van der Waals surface area contributed by atoms with E-state index in [1.807, 2.05) is 0 Å². The molecule has 6 nitrogen and oxygen atoms in total. The third kappa shape index (κ3) is 7.85. The molecule has 3 aliphatic rings. The Kier molecular flexibility index (Phi) is 12.6. The van der Waals surface area contributed by atoms with Crippen LogP contribution in [0.25, 0.3) is 0 Å². The molecule has 48 heavy (non-hydrogen) atoms. The van der Waals surface area contributed by atoms with Crippen molar-refractivity contribution in [3.63, 3.8) is 0 Å². The molecular weight excluding hydrogens is 589 g/mol. The third-order valence-electron chi connectivity index (χ3n) is 9.82. The molecule has 0 unspecified atom stereocenters. The van der Waals surface area contributed by atoms with Crippen LogP contribution in [-0.2, 0) is 58.2 Å². The molecule has 0 fully saturated rings. The second-order valence-electron chi connectivity index (χ2n) is 13.3. The average Bonchev–Trinajstić information content (AvgIpc) is 3.04. The van der Waals surface area contributed by atoms with Crippen molar-refractivity contribution in [1.82, 2.24) is 0 Å². The molecule has 0 aromatic heterocycles. The fraction of sp³-hybridized carbons (Fsp3) is 0.500. The van der Waals surface area contributed by atoms with E-state index in [-0.39, 0.29) is 0 Å². The van der Waals surface area contributed by atoms with Gasteiger partial charge in [0.05, 0.1) is 19.6 Å². The molecule has 0 aliphatic carbocycles. The average molecular weight is 649 g/mol. The summed E-state index contributed by atoms with van der Waals surface area (Å²) in [7, 11) is 0. The van der Waals surface area contributed by atoms with Crippen molar-refractivity contribution in [2.24, 2.45) is 15.0 Å². The van der Waals surface area contributed by atoms with E-state index in [1.54, 1.807) is 0 Å². The lowest BCUT2D eigenvalue weighted by Gasteiger charge is -2.28. The fourth-order valence-electron chi connectivity index (χ4n) is 7.77. The molecule has 0 saturated heterocycles. The van der Waals surface area contributed by atoms with E-state index in [4.69, 9.17) is 15.0 Å². The van der Waals surface area contributed by atoms with E-state index in [2.05, 4.69) is 117 Å². The van der Waals surface area contributed by atoms with Crippen LogP contribution in [0.15, 0.2) is 50.3 Å². The van der Waals surface area contributed by atoms with Crippen LogP contribution in [0.3, 0.4) is 0 Å². The highest BCUT2D eigenvalue weighted by molar-refractivity contribution is 5.96. The van der Waals surface area contributed by atoms with Crippen molar-refractivity contribution in [1.29, 1.82) is 0 Å². The van der Waals surface area contributed by atoms with Crippen molar-refractivity contribution in [2.45, 2.75) is 141 Å². The van der Waals surface area contributed by atoms with E-state index < -0.39 is 0 Å². The Morgan fingerprint density at radius 2 is 0.625 bits per heavy atom. The van der Waals surface area contributed by atoms with Gasteiger partial charge in [-0.2, -0.15) is 0 Å². The first-order chi connectivity index (χ1) is 23.0. The van der Waals surface area contributed by atoms with Gasteiger partial charge in [0.15, 0.2) is 0 Å². The minimum absolute atomic E-state index is 0.656. The summed E-state index contributed by atoms with van der Waals surface area (Å²) in [6.45, 7) is 28.5. The Morgan fingerprint density at radius 3 is 0.833 bits per heavy atom. The minimum atomic E-state index is 0.656. The molecule has 6 heteroatoms. The number of nitrogens with one attached hydrogen (secondary N) is 3. The largest absolute Gasteiger partial charge is 0.359 e. The van der Waals surface area contributed by atoms with Crippen molar-refractivity contribution < 1.29 is 0 Å². The third-order valence-corrected chi connectivity index (χ3v) is 9.82. The van der Waals surface area contributed by atoms with Gasteiger partial charge in [-0.3, -0.25) is 15.0 Å².